The van der Waals surface area contributed by atoms with Crippen LogP contribution in [0.4, 0.5) is 4.79 Å². The van der Waals surface area contributed by atoms with Gasteiger partial charge in [0.15, 0.2) is 0 Å². The third kappa shape index (κ3) is 6.73. The number of hydrogen-bond acceptors (Lipinski definition) is 7. The van der Waals surface area contributed by atoms with Crippen LogP contribution in [-0.2, 0) is 13.1 Å². The van der Waals surface area contributed by atoms with Gasteiger partial charge in [-0.25, -0.2) is 9.59 Å². The van der Waals surface area contributed by atoms with E-state index in [4.69, 9.17) is 9.57 Å². The van der Waals surface area contributed by atoms with Crippen LogP contribution in [0.1, 0.15) is 24.6 Å². The predicted octanol–water partition coefficient (Wildman–Crippen LogP) is 2.69. The number of aromatic amines is 1. The van der Waals surface area contributed by atoms with Crippen LogP contribution in [0.25, 0.3) is 0 Å². The third-order valence-electron chi connectivity index (χ3n) is 6.23. The Morgan fingerprint density at radius 2 is 2.00 bits per heavy atom. The van der Waals surface area contributed by atoms with Gasteiger partial charge in [-0.3, -0.25) is 0 Å². The molecule has 1 aliphatic heterocycles. The van der Waals surface area contributed by atoms with Crippen LogP contribution in [0.5, 0.6) is 11.6 Å². The molecule has 0 bridgehead atoms. The fourth-order valence-electron chi connectivity index (χ4n) is 4.20. The Kier molecular flexibility index (Phi) is 8.52. The molecule has 2 heterocycles. The first kappa shape index (κ1) is 25.9. The fourth-order valence-corrected chi connectivity index (χ4v) is 4.20. The highest BCUT2D eigenvalue weighted by Gasteiger charge is 2.25. The summed E-state index contributed by atoms with van der Waals surface area (Å²) in [5, 5.41) is 13.7. The smallest absolute Gasteiger partial charge is 0.434 e. The zero-order valence-corrected chi connectivity index (χ0v) is 20.9. The first-order chi connectivity index (χ1) is 17.9. The molecule has 2 aliphatic rings. The average Bonchev–Trinajstić information content (AvgIpc) is 3.17. The Hall–Kier alpha value is -4.18. The van der Waals surface area contributed by atoms with Crippen molar-refractivity contribution in [2.45, 2.75) is 32.5 Å². The molecule has 10 heteroatoms. The molecule has 2 aromatic rings. The van der Waals surface area contributed by atoms with E-state index in [1.54, 1.807) is 6.08 Å². The number of amides is 1. The van der Waals surface area contributed by atoms with Gasteiger partial charge >= 0.3 is 11.8 Å². The molecule has 10 nitrogen and oxygen atoms in total. The number of H-pyrrole nitrogens is 1. The summed E-state index contributed by atoms with van der Waals surface area (Å²) in [6, 6.07) is 7.73. The second-order valence-corrected chi connectivity index (χ2v) is 8.86. The van der Waals surface area contributed by atoms with Gasteiger partial charge in [0.1, 0.15) is 11.9 Å². The molecular formula is C27H33N5O5. The molecule has 1 aromatic heterocycles. The predicted molar refractivity (Wildman–Crippen MR) is 140 cm³/mol. The van der Waals surface area contributed by atoms with Gasteiger partial charge in [-0.2, -0.15) is 0 Å². The molecule has 1 amide bonds. The number of ether oxygens (including phenoxy) is 1. The van der Waals surface area contributed by atoms with Crippen LogP contribution in [-0.4, -0.2) is 63.0 Å². The highest BCUT2D eigenvalue weighted by Crippen LogP contribution is 2.19. The van der Waals surface area contributed by atoms with Gasteiger partial charge in [-0.1, -0.05) is 47.7 Å². The minimum atomic E-state index is -0.726. The minimum absolute atomic E-state index is 0.0137. The number of allylic oxidation sites excluding steroid dienone is 5. The van der Waals surface area contributed by atoms with E-state index in [0.29, 0.717) is 37.5 Å². The zero-order chi connectivity index (χ0) is 26.2. The maximum Gasteiger partial charge on any atom is 0.434 e. The lowest BCUT2D eigenvalue weighted by molar-refractivity contribution is 0.0651. The molecule has 0 saturated carbocycles. The van der Waals surface area contributed by atoms with E-state index in [0.717, 1.165) is 23.4 Å². The lowest BCUT2D eigenvalue weighted by Gasteiger charge is -2.35. The number of piperazine rings is 1. The van der Waals surface area contributed by atoms with Gasteiger partial charge in [0, 0.05) is 51.4 Å². The van der Waals surface area contributed by atoms with E-state index >= 15 is 0 Å². The van der Waals surface area contributed by atoms with Crippen LogP contribution < -0.4 is 20.6 Å². The molecule has 0 spiro atoms. The summed E-state index contributed by atoms with van der Waals surface area (Å²) in [6.07, 6.45) is 11.8. The van der Waals surface area contributed by atoms with Gasteiger partial charge in [-0.05, 0) is 36.8 Å². The van der Waals surface area contributed by atoms with Crippen LogP contribution in [0.2, 0.25) is 0 Å². The summed E-state index contributed by atoms with van der Waals surface area (Å²) < 4.78 is 6.59. The summed E-state index contributed by atoms with van der Waals surface area (Å²) in [4.78, 5) is 36.3. The molecule has 37 heavy (non-hydrogen) atoms. The Morgan fingerprint density at radius 1 is 1.22 bits per heavy atom. The Bertz CT molecular complexity index is 1250. The molecule has 1 unspecified atom stereocenters. The number of aromatic hydroxyl groups is 1. The molecule has 1 atom stereocenters. The standard InChI is InChI=1S/C27H33N5O5/c1-3-8-20(2)30-13-15-31(16-14-30)27(35)37-32-25(33)24(29-26(32)34)19-28-18-21-9-7-12-23(17-21)36-22-10-5-4-6-11-22/h3-10,12,17,22,28,33H,1,11,13-16,18-19H2,2H3,(H,29,34). The van der Waals surface area contributed by atoms with Gasteiger partial charge < -0.3 is 34.8 Å². The zero-order valence-electron chi connectivity index (χ0n) is 20.9. The molecule has 196 valence electrons. The van der Waals surface area contributed by atoms with Gasteiger partial charge in [-0.15, -0.1) is 0 Å². The Morgan fingerprint density at radius 3 is 2.73 bits per heavy atom. The number of hydrogen-bond donors (Lipinski definition) is 3. The summed E-state index contributed by atoms with van der Waals surface area (Å²) >= 11 is 0. The second kappa shape index (κ2) is 12.2. The Labute approximate surface area is 215 Å². The van der Waals surface area contributed by atoms with Crippen molar-refractivity contribution in [2.24, 2.45) is 0 Å². The van der Waals surface area contributed by atoms with Crippen molar-refractivity contribution in [3.63, 3.8) is 0 Å². The number of nitrogens with zero attached hydrogens (tertiary/aromatic N) is 3. The van der Waals surface area contributed by atoms with Crippen LogP contribution in [0.3, 0.4) is 0 Å². The Balaban J connectivity index is 1.28. The highest BCUT2D eigenvalue weighted by molar-refractivity contribution is 5.68. The molecule has 4 rings (SSSR count). The summed E-state index contributed by atoms with van der Waals surface area (Å²) in [5.74, 6) is 0.328. The largest absolute Gasteiger partial charge is 0.491 e. The first-order valence-corrected chi connectivity index (χ1v) is 12.3. The van der Waals surface area contributed by atoms with E-state index in [1.807, 2.05) is 55.5 Å². The van der Waals surface area contributed by atoms with E-state index in [1.165, 1.54) is 4.90 Å². The van der Waals surface area contributed by atoms with Crippen molar-refractivity contribution in [3.05, 3.63) is 94.7 Å². The van der Waals surface area contributed by atoms with Crippen molar-refractivity contribution in [1.82, 2.24) is 24.8 Å². The molecule has 0 radical (unpaired) electrons. The number of carbonyl (C=O) groups is 1. The third-order valence-corrected chi connectivity index (χ3v) is 6.23. The quantitative estimate of drug-likeness (QED) is 0.448. The van der Waals surface area contributed by atoms with Crippen molar-refractivity contribution >= 4 is 6.09 Å². The van der Waals surface area contributed by atoms with E-state index in [2.05, 4.69) is 27.9 Å². The second-order valence-electron chi connectivity index (χ2n) is 8.86. The van der Waals surface area contributed by atoms with Crippen molar-refractivity contribution in [3.8, 4) is 11.6 Å². The monoisotopic (exact) mass is 507 g/mol. The SMILES string of the molecule is C=CC=C(C)N1CCN(C(=O)On2c(O)c(CNCc3cccc(OC4C=CC=CC4)c3)[nH]c2=O)CC1. The number of imidazole rings is 1. The molecule has 1 saturated heterocycles. The lowest BCUT2D eigenvalue weighted by Crippen LogP contribution is -2.50. The van der Waals surface area contributed by atoms with Crippen molar-refractivity contribution < 1.29 is 19.5 Å². The maximum absolute atomic E-state index is 12.6. The van der Waals surface area contributed by atoms with E-state index in [9.17, 15) is 14.7 Å². The maximum atomic E-state index is 12.6. The molecule has 1 fully saturated rings. The number of nitrogens with one attached hydrogen (secondary N) is 2. The molecule has 1 aromatic carbocycles. The van der Waals surface area contributed by atoms with E-state index < -0.39 is 17.7 Å². The molecule has 1 aliphatic carbocycles. The topological polar surface area (TPSA) is 112 Å². The van der Waals surface area contributed by atoms with Gasteiger partial charge in [0.25, 0.3) is 5.88 Å². The summed E-state index contributed by atoms with van der Waals surface area (Å²) in [5.41, 5.74) is 1.55. The average molecular weight is 508 g/mol. The van der Waals surface area contributed by atoms with E-state index in [-0.39, 0.29) is 18.3 Å². The summed E-state index contributed by atoms with van der Waals surface area (Å²) in [6.45, 7) is 8.48. The number of carbonyl (C=O) groups excluding carboxylic acids is 1. The highest BCUT2D eigenvalue weighted by atomic mass is 16.7. The fraction of sp³-hybridized carbons (Fsp3) is 0.333. The van der Waals surface area contributed by atoms with Crippen LogP contribution in [0.15, 0.2) is 77.8 Å². The van der Waals surface area contributed by atoms with Gasteiger partial charge in [0.05, 0.1) is 5.69 Å². The molecule has 3 N–H and O–H groups in total. The lowest BCUT2D eigenvalue weighted by atomic mass is 10.1. The number of aromatic nitrogens is 2. The minimum Gasteiger partial charge on any atom is -0.491 e. The number of benzene rings is 1. The van der Waals surface area contributed by atoms with Crippen molar-refractivity contribution in [2.75, 3.05) is 26.2 Å². The van der Waals surface area contributed by atoms with Crippen molar-refractivity contribution in [1.29, 1.82) is 0 Å². The normalized spacial score (nSPS) is 17.6. The first-order valence-electron chi connectivity index (χ1n) is 12.3. The molecular weight excluding hydrogens is 474 g/mol. The van der Waals surface area contributed by atoms with Crippen LogP contribution in [0, 0.1) is 0 Å². The van der Waals surface area contributed by atoms with Gasteiger partial charge in [0.2, 0.25) is 0 Å². The number of rotatable bonds is 9. The van der Waals surface area contributed by atoms with Crippen LogP contribution >= 0.6 is 0 Å². The summed E-state index contributed by atoms with van der Waals surface area (Å²) in [7, 11) is 0.